The van der Waals surface area contributed by atoms with Crippen LogP contribution in [-0.2, 0) is 6.54 Å². The van der Waals surface area contributed by atoms with Crippen LogP contribution in [0.2, 0.25) is 0 Å². The first kappa shape index (κ1) is 10.1. The van der Waals surface area contributed by atoms with Crippen molar-refractivity contribution in [3.05, 3.63) is 35.9 Å². The molecule has 0 spiro atoms. The van der Waals surface area contributed by atoms with Gasteiger partial charge in [-0.05, 0) is 24.7 Å². The van der Waals surface area contributed by atoms with Crippen molar-refractivity contribution < 1.29 is 4.39 Å². The van der Waals surface area contributed by atoms with Gasteiger partial charge in [0.15, 0.2) is 0 Å². The van der Waals surface area contributed by atoms with Crippen LogP contribution in [0.25, 0.3) is 0 Å². The van der Waals surface area contributed by atoms with Crippen molar-refractivity contribution in [3.8, 4) is 0 Å². The highest BCUT2D eigenvalue weighted by Gasteiger charge is 2.05. The molecule has 13 heavy (non-hydrogen) atoms. The molecule has 0 aliphatic heterocycles. The lowest BCUT2D eigenvalue weighted by Gasteiger charge is -2.18. The Bertz CT molecular complexity index is 274. The molecule has 0 N–H and O–H groups in total. The Kier molecular flexibility index (Phi) is 3.83. The summed E-state index contributed by atoms with van der Waals surface area (Å²) in [4.78, 5) is 1.52. The van der Waals surface area contributed by atoms with Gasteiger partial charge in [0, 0.05) is 13.1 Å². The molecule has 0 aromatic heterocycles. The van der Waals surface area contributed by atoms with E-state index in [1.807, 2.05) is 37.3 Å². The molecule has 1 aromatic rings. The third kappa shape index (κ3) is 3.11. The normalized spacial score (nSPS) is 9.69. The van der Waals surface area contributed by atoms with E-state index in [0.29, 0.717) is 13.1 Å². The first-order valence-electron chi connectivity index (χ1n) is 4.22. The summed E-state index contributed by atoms with van der Waals surface area (Å²) in [6.45, 7) is 3.03. The van der Waals surface area contributed by atoms with Gasteiger partial charge >= 0.3 is 0 Å². The maximum Gasteiger partial charge on any atom is 0.255 e. The zero-order chi connectivity index (χ0) is 9.68. The molecule has 0 atom stereocenters. The zero-order valence-electron chi connectivity index (χ0n) is 7.53. The lowest BCUT2D eigenvalue weighted by Crippen LogP contribution is -2.25. The molecule has 3 heteroatoms. The van der Waals surface area contributed by atoms with Gasteiger partial charge in [-0.15, -0.1) is 0 Å². The van der Waals surface area contributed by atoms with Crippen molar-refractivity contribution in [3.63, 3.8) is 0 Å². The molecule has 0 heterocycles. The molecular formula is C10H12FNS. The molecule has 0 amide bonds. The minimum absolute atomic E-state index is 0.536. The number of halogens is 1. The lowest BCUT2D eigenvalue weighted by atomic mass is 10.2. The minimum Gasteiger partial charge on any atom is -0.335 e. The third-order valence-electron chi connectivity index (χ3n) is 1.85. The van der Waals surface area contributed by atoms with Gasteiger partial charge in [-0.2, -0.15) is 4.39 Å². The third-order valence-corrected chi connectivity index (χ3v) is 2.10. The average molecular weight is 197 g/mol. The standard InChI is InChI=1S/C10H12FNS/c1-2-12(10(11)13)8-9-6-4-3-5-7-9/h3-7H,2,8H2,1H3. The van der Waals surface area contributed by atoms with E-state index in [2.05, 4.69) is 12.2 Å². The van der Waals surface area contributed by atoms with Crippen molar-refractivity contribution >= 4 is 17.5 Å². The van der Waals surface area contributed by atoms with Crippen molar-refractivity contribution in [2.75, 3.05) is 6.54 Å². The molecule has 0 bridgehead atoms. The molecule has 0 radical (unpaired) electrons. The molecule has 1 rings (SSSR count). The zero-order valence-corrected chi connectivity index (χ0v) is 8.35. The van der Waals surface area contributed by atoms with Gasteiger partial charge in [0.25, 0.3) is 5.24 Å². The predicted octanol–water partition coefficient (Wildman–Crippen LogP) is 2.76. The average Bonchev–Trinajstić information content (AvgIpc) is 2.15. The summed E-state index contributed by atoms with van der Waals surface area (Å²) in [6, 6.07) is 9.73. The van der Waals surface area contributed by atoms with Crippen LogP contribution >= 0.6 is 12.2 Å². The monoisotopic (exact) mass is 197 g/mol. The molecule has 70 valence electrons. The van der Waals surface area contributed by atoms with Crippen molar-refractivity contribution in [2.45, 2.75) is 13.5 Å². The Hall–Kier alpha value is -0.960. The highest BCUT2D eigenvalue weighted by Crippen LogP contribution is 2.05. The van der Waals surface area contributed by atoms with Crippen LogP contribution in [0.3, 0.4) is 0 Å². The Labute approximate surface area is 83.2 Å². The first-order chi connectivity index (χ1) is 6.24. The van der Waals surface area contributed by atoms with Gasteiger partial charge < -0.3 is 4.90 Å². The summed E-state index contributed by atoms with van der Waals surface area (Å²) in [6.07, 6.45) is 0. The molecule has 1 nitrogen and oxygen atoms in total. The van der Waals surface area contributed by atoms with Gasteiger partial charge in [0.05, 0.1) is 0 Å². The largest absolute Gasteiger partial charge is 0.335 e. The van der Waals surface area contributed by atoms with Gasteiger partial charge in [0.1, 0.15) is 0 Å². The fourth-order valence-corrected chi connectivity index (χ4v) is 1.30. The van der Waals surface area contributed by atoms with Gasteiger partial charge in [-0.25, -0.2) is 0 Å². The van der Waals surface area contributed by atoms with E-state index in [0.717, 1.165) is 5.56 Å². The predicted molar refractivity (Wildman–Crippen MR) is 56.2 cm³/mol. The van der Waals surface area contributed by atoms with E-state index in [1.165, 1.54) is 4.90 Å². The van der Waals surface area contributed by atoms with E-state index in [-0.39, 0.29) is 0 Å². The molecular weight excluding hydrogens is 185 g/mol. The van der Waals surface area contributed by atoms with Gasteiger partial charge in [-0.3, -0.25) is 0 Å². The lowest BCUT2D eigenvalue weighted by molar-refractivity contribution is 0.401. The van der Waals surface area contributed by atoms with E-state index < -0.39 is 5.24 Å². The Morgan fingerprint density at radius 1 is 1.38 bits per heavy atom. The molecule has 0 fully saturated rings. The topological polar surface area (TPSA) is 3.24 Å². The number of rotatable bonds is 3. The highest BCUT2D eigenvalue weighted by atomic mass is 32.1. The summed E-state index contributed by atoms with van der Waals surface area (Å²) in [5.74, 6) is 0. The maximum atomic E-state index is 12.7. The molecule has 0 saturated heterocycles. The Morgan fingerprint density at radius 3 is 2.46 bits per heavy atom. The van der Waals surface area contributed by atoms with Crippen molar-refractivity contribution in [2.24, 2.45) is 0 Å². The number of hydrogen-bond donors (Lipinski definition) is 0. The molecule has 0 unspecified atom stereocenters. The van der Waals surface area contributed by atoms with Crippen LogP contribution in [-0.4, -0.2) is 16.7 Å². The fraction of sp³-hybridized carbons (Fsp3) is 0.300. The van der Waals surface area contributed by atoms with Crippen LogP contribution in [0.15, 0.2) is 30.3 Å². The van der Waals surface area contributed by atoms with Crippen LogP contribution in [0, 0.1) is 0 Å². The van der Waals surface area contributed by atoms with Crippen LogP contribution in [0.5, 0.6) is 0 Å². The second-order valence-corrected chi connectivity index (χ2v) is 3.09. The highest BCUT2D eigenvalue weighted by molar-refractivity contribution is 7.79. The van der Waals surface area contributed by atoms with Crippen LogP contribution < -0.4 is 0 Å². The van der Waals surface area contributed by atoms with E-state index >= 15 is 0 Å². The summed E-state index contributed by atoms with van der Waals surface area (Å²) >= 11 is 4.47. The molecule has 1 aromatic carbocycles. The Morgan fingerprint density at radius 2 is 2.00 bits per heavy atom. The summed E-state index contributed by atoms with van der Waals surface area (Å²) < 4.78 is 12.7. The quantitative estimate of drug-likeness (QED) is 0.416. The van der Waals surface area contributed by atoms with Crippen LogP contribution in [0.4, 0.5) is 4.39 Å². The summed E-state index contributed by atoms with van der Waals surface area (Å²) in [5.41, 5.74) is 1.07. The van der Waals surface area contributed by atoms with E-state index in [1.54, 1.807) is 0 Å². The fourth-order valence-electron chi connectivity index (χ4n) is 1.10. The maximum absolute atomic E-state index is 12.7. The minimum atomic E-state index is -0.536. The molecule has 0 saturated carbocycles. The van der Waals surface area contributed by atoms with Gasteiger partial charge in [-0.1, -0.05) is 30.3 Å². The Balaban J connectivity index is 2.62. The number of nitrogens with zero attached hydrogens (tertiary/aromatic N) is 1. The van der Waals surface area contributed by atoms with Crippen LogP contribution in [0.1, 0.15) is 12.5 Å². The van der Waals surface area contributed by atoms with Gasteiger partial charge in [0.2, 0.25) is 0 Å². The molecule has 0 aliphatic carbocycles. The first-order valence-corrected chi connectivity index (χ1v) is 4.63. The van der Waals surface area contributed by atoms with Crippen molar-refractivity contribution in [1.82, 2.24) is 4.90 Å². The smallest absolute Gasteiger partial charge is 0.255 e. The van der Waals surface area contributed by atoms with E-state index in [4.69, 9.17) is 0 Å². The van der Waals surface area contributed by atoms with Crippen molar-refractivity contribution in [1.29, 1.82) is 0 Å². The molecule has 0 aliphatic rings. The van der Waals surface area contributed by atoms with E-state index in [9.17, 15) is 4.39 Å². The second kappa shape index (κ2) is 4.92. The number of thiocarbonyl (C=S) groups is 1. The SMILES string of the molecule is CCN(Cc1ccccc1)C(F)=S. The number of hydrogen-bond acceptors (Lipinski definition) is 1. The summed E-state index contributed by atoms with van der Waals surface area (Å²) in [5, 5.41) is -0.536. The second-order valence-electron chi connectivity index (χ2n) is 2.75. The number of benzene rings is 1. The summed E-state index contributed by atoms with van der Waals surface area (Å²) in [7, 11) is 0.